The molecule has 2 aromatic carbocycles. The first-order valence-corrected chi connectivity index (χ1v) is 14.4. The minimum Gasteiger partial charge on any atom is -0.508 e. The minimum atomic E-state index is -5.24. The molecule has 9 nitrogen and oxygen atoms in total. The first kappa shape index (κ1) is 30.4. The van der Waals surface area contributed by atoms with Crippen molar-refractivity contribution in [2.75, 3.05) is 37.0 Å². The highest BCUT2D eigenvalue weighted by Crippen LogP contribution is 2.44. The van der Waals surface area contributed by atoms with Crippen molar-refractivity contribution in [1.29, 1.82) is 0 Å². The van der Waals surface area contributed by atoms with Crippen LogP contribution >= 0.6 is 0 Å². The van der Waals surface area contributed by atoms with Gasteiger partial charge in [-0.05, 0) is 80.3 Å². The van der Waals surface area contributed by atoms with Gasteiger partial charge in [0, 0.05) is 44.9 Å². The van der Waals surface area contributed by atoms with Crippen molar-refractivity contribution < 1.29 is 32.5 Å². The number of phenolic OH excluding ortho intramolecular Hbond substituents is 1. The molecule has 230 valence electrons. The minimum absolute atomic E-state index is 0.0387. The second kappa shape index (κ2) is 12.3. The Labute approximate surface area is 248 Å². The molecule has 3 unspecified atom stereocenters. The molecule has 12 heteroatoms. The summed E-state index contributed by atoms with van der Waals surface area (Å²) < 4.78 is 53.1. The third-order valence-corrected chi connectivity index (χ3v) is 7.95. The Morgan fingerprint density at radius 1 is 1.19 bits per heavy atom. The molecule has 3 atom stereocenters. The highest BCUT2D eigenvalue weighted by Gasteiger charge is 2.52. The first-order valence-electron chi connectivity index (χ1n) is 14.4. The Bertz CT molecular complexity index is 1430. The number of benzene rings is 2. The molecule has 2 aliphatic rings. The molecule has 1 fully saturated rings. The van der Waals surface area contributed by atoms with E-state index < -0.39 is 17.9 Å². The maximum atomic E-state index is 13.8. The lowest BCUT2D eigenvalue weighted by Crippen LogP contribution is -2.56. The maximum absolute atomic E-state index is 13.8. The SMILES string of the molecule is CC(Oc1ccc(CC2(OC(=O)C(F)(F)F)c3ccc(O)cc3CCN2c2ccnc(N(C)C)n2)cc1)C1CCCCN1. The predicted molar refractivity (Wildman–Crippen MR) is 155 cm³/mol. The smallest absolute Gasteiger partial charge is 0.491 e. The molecule has 43 heavy (non-hydrogen) atoms. The van der Waals surface area contributed by atoms with E-state index in [0.29, 0.717) is 40.6 Å². The highest BCUT2D eigenvalue weighted by molar-refractivity contribution is 5.77. The van der Waals surface area contributed by atoms with Crippen molar-refractivity contribution >= 4 is 17.7 Å². The topological polar surface area (TPSA) is 100 Å². The van der Waals surface area contributed by atoms with Gasteiger partial charge in [-0.2, -0.15) is 18.2 Å². The van der Waals surface area contributed by atoms with Gasteiger partial charge in [-0.1, -0.05) is 18.6 Å². The number of esters is 1. The Morgan fingerprint density at radius 3 is 2.63 bits per heavy atom. The van der Waals surface area contributed by atoms with Gasteiger partial charge in [0.2, 0.25) is 11.7 Å². The van der Waals surface area contributed by atoms with E-state index in [1.54, 1.807) is 54.2 Å². The summed E-state index contributed by atoms with van der Waals surface area (Å²) in [6, 6.07) is 13.3. The van der Waals surface area contributed by atoms with E-state index in [2.05, 4.69) is 15.3 Å². The van der Waals surface area contributed by atoms with Crippen LogP contribution in [0.15, 0.2) is 54.7 Å². The van der Waals surface area contributed by atoms with Crippen molar-refractivity contribution in [3.63, 3.8) is 0 Å². The summed E-state index contributed by atoms with van der Waals surface area (Å²) in [7, 11) is 3.50. The number of fused-ring (bicyclic) bond motifs is 1. The number of anilines is 2. The van der Waals surface area contributed by atoms with Gasteiger partial charge in [0.05, 0.1) is 0 Å². The number of rotatable bonds is 8. The number of hydrogen-bond donors (Lipinski definition) is 2. The molecule has 0 aliphatic carbocycles. The summed E-state index contributed by atoms with van der Waals surface area (Å²) in [5.74, 6) is -1.10. The summed E-state index contributed by atoms with van der Waals surface area (Å²) in [6.45, 7) is 3.13. The molecule has 0 spiro atoms. The Morgan fingerprint density at radius 2 is 1.95 bits per heavy atom. The zero-order chi connectivity index (χ0) is 30.8. The molecular weight excluding hydrogens is 563 g/mol. The number of ether oxygens (including phenoxy) is 2. The van der Waals surface area contributed by atoms with Crippen LogP contribution in [0.5, 0.6) is 11.5 Å². The lowest BCUT2D eigenvalue weighted by molar-refractivity contribution is -0.216. The van der Waals surface area contributed by atoms with Gasteiger partial charge in [0.1, 0.15) is 23.4 Å². The molecule has 0 radical (unpaired) electrons. The van der Waals surface area contributed by atoms with Gasteiger partial charge in [-0.3, -0.25) is 0 Å². The van der Waals surface area contributed by atoms with Crippen LogP contribution in [0.4, 0.5) is 24.9 Å². The Kier molecular flexibility index (Phi) is 8.68. The second-order valence-corrected chi connectivity index (χ2v) is 11.2. The molecule has 0 saturated carbocycles. The van der Waals surface area contributed by atoms with Gasteiger partial charge in [0.25, 0.3) is 0 Å². The fourth-order valence-corrected chi connectivity index (χ4v) is 5.82. The first-order chi connectivity index (χ1) is 20.5. The number of halogens is 3. The van der Waals surface area contributed by atoms with Crippen molar-refractivity contribution in [3.8, 4) is 11.5 Å². The standard InChI is InChI=1S/C31H36F3N5O4/c1-20(26-6-4-5-15-35-26)42-24-10-7-21(8-11-24)19-30(43-28(41)31(32,33)34)25-12-9-23(40)18-22(25)14-17-39(30)27-13-16-36-29(37-27)38(2)3/h7-13,16,18,20,26,35,40H,4-6,14-15,17,19H2,1-3H3. The van der Waals surface area contributed by atoms with E-state index >= 15 is 0 Å². The third kappa shape index (κ3) is 6.64. The van der Waals surface area contributed by atoms with Gasteiger partial charge in [0.15, 0.2) is 0 Å². The van der Waals surface area contributed by atoms with E-state index in [9.17, 15) is 23.1 Å². The van der Waals surface area contributed by atoms with Crippen LogP contribution < -0.4 is 19.9 Å². The zero-order valence-electron chi connectivity index (χ0n) is 24.4. The summed E-state index contributed by atoms with van der Waals surface area (Å²) in [4.78, 5) is 24.7. The average molecular weight is 600 g/mol. The lowest BCUT2D eigenvalue weighted by Gasteiger charge is -2.48. The second-order valence-electron chi connectivity index (χ2n) is 11.2. The van der Waals surface area contributed by atoms with Crippen molar-refractivity contribution in [1.82, 2.24) is 15.3 Å². The molecule has 3 heterocycles. The number of carbonyl (C=O) groups is 1. The number of aromatic nitrogens is 2. The van der Waals surface area contributed by atoms with Crippen molar-refractivity contribution in [3.05, 3.63) is 71.4 Å². The molecule has 2 aliphatic heterocycles. The highest BCUT2D eigenvalue weighted by atomic mass is 19.4. The van der Waals surface area contributed by atoms with Crippen LogP contribution in [-0.2, 0) is 28.1 Å². The maximum Gasteiger partial charge on any atom is 0.491 e. The summed E-state index contributed by atoms with van der Waals surface area (Å²) in [5.41, 5.74) is -0.426. The number of nitrogens with one attached hydrogen (secondary N) is 1. The number of hydrogen-bond acceptors (Lipinski definition) is 9. The summed E-state index contributed by atoms with van der Waals surface area (Å²) in [5, 5.41) is 13.7. The molecule has 0 bridgehead atoms. The Balaban J connectivity index is 1.56. The van der Waals surface area contributed by atoms with Gasteiger partial charge in [-0.15, -0.1) is 0 Å². The number of nitrogens with zero attached hydrogens (tertiary/aromatic N) is 4. The van der Waals surface area contributed by atoms with Crippen LogP contribution in [0.3, 0.4) is 0 Å². The summed E-state index contributed by atoms with van der Waals surface area (Å²) >= 11 is 0. The number of aromatic hydroxyl groups is 1. The molecule has 0 amide bonds. The third-order valence-electron chi connectivity index (χ3n) is 7.95. The van der Waals surface area contributed by atoms with E-state index in [1.807, 2.05) is 6.92 Å². The van der Waals surface area contributed by atoms with Gasteiger partial charge < -0.3 is 29.7 Å². The predicted octanol–water partition coefficient (Wildman–Crippen LogP) is 4.72. The number of piperidine rings is 1. The van der Waals surface area contributed by atoms with Crippen LogP contribution in [-0.4, -0.2) is 66.6 Å². The quantitative estimate of drug-likeness (QED) is 0.357. The zero-order valence-corrected chi connectivity index (χ0v) is 24.4. The van der Waals surface area contributed by atoms with Gasteiger partial charge >= 0.3 is 12.1 Å². The van der Waals surface area contributed by atoms with Crippen LogP contribution in [0.25, 0.3) is 0 Å². The van der Waals surface area contributed by atoms with Crippen LogP contribution in [0.1, 0.15) is 42.9 Å². The Hall–Kier alpha value is -4.06. The largest absolute Gasteiger partial charge is 0.508 e. The van der Waals surface area contributed by atoms with E-state index in [1.165, 1.54) is 24.4 Å². The van der Waals surface area contributed by atoms with Gasteiger partial charge in [-0.25, -0.2) is 9.78 Å². The molecule has 5 rings (SSSR count). The van der Waals surface area contributed by atoms with Crippen LogP contribution in [0, 0.1) is 0 Å². The summed E-state index contributed by atoms with van der Waals surface area (Å²) in [6.07, 6.45) is -0.254. The average Bonchev–Trinajstić information content (AvgIpc) is 2.98. The monoisotopic (exact) mass is 599 g/mol. The molecular formula is C31H36F3N5O4. The molecule has 1 aromatic heterocycles. The van der Waals surface area contributed by atoms with Crippen LogP contribution in [0.2, 0.25) is 0 Å². The molecule has 2 N–H and O–H groups in total. The molecule has 3 aromatic rings. The number of carbonyl (C=O) groups excluding carboxylic acids is 1. The lowest BCUT2D eigenvalue weighted by atomic mass is 9.84. The molecule has 1 saturated heterocycles. The normalized spacial score (nSPS) is 21.1. The fraction of sp³-hybridized carbons (Fsp3) is 0.452. The van der Waals surface area contributed by atoms with Crippen molar-refractivity contribution in [2.24, 2.45) is 0 Å². The van der Waals surface area contributed by atoms with E-state index in [0.717, 1.165) is 25.8 Å². The fourth-order valence-electron chi connectivity index (χ4n) is 5.82. The number of phenols is 1. The van der Waals surface area contributed by atoms with E-state index in [4.69, 9.17) is 9.47 Å². The van der Waals surface area contributed by atoms with Crippen molar-refractivity contribution in [2.45, 2.75) is 63.1 Å². The van der Waals surface area contributed by atoms with E-state index in [-0.39, 0.29) is 30.9 Å². The number of alkyl halides is 3.